The van der Waals surface area contributed by atoms with Crippen molar-refractivity contribution in [3.8, 4) is 0 Å². The largest absolute Gasteiger partial charge is 0.330 e. The number of amides is 1. The summed E-state index contributed by atoms with van der Waals surface area (Å²) in [5.74, 6) is 0.512. The number of carbonyl (C=O) groups is 1. The van der Waals surface area contributed by atoms with Crippen molar-refractivity contribution < 1.29 is 4.79 Å². The molecule has 7 heteroatoms. The Bertz CT molecular complexity index is 499. The second kappa shape index (κ2) is 9.58. The van der Waals surface area contributed by atoms with Crippen molar-refractivity contribution in [3.63, 3.8) is 0 Å². The number of rotatable bonds is 5. The van der Waals surface area contributed by atoms with Gasteiger partial charge in [0.2, 0.25) is 5.91 Å². The van der Waals surface area contributed by atoms with Crippen LogP contribution in [0.15, 0.2) is 18.2 Å². The molecule has 1 heterocycles. The zero-order chi connectivity index (χ0) is 15.2. The van der Waals surface area contributed by atoms with E-state index in [2.05, 4.69) is 10.2 Å². The highest BCUT2D eigenvalue weighted by atomic mass is 35.5. The van der Waals surface area contributed by atoms with Crippen LogP contribution < -0.4 is 11.1 Å². The zero-order valence-electron chi connectivity index (χ0n) is 12.4. The molecule has 1 aliphatic heterocycles. The van der Waals surface area contributed by atoms with Gasteiger partial charge in [0.05, 0.1) is 10.7 Å². The molecule has 124 valence electrons. The molecule has 1 fully saturated rings. The summed E-state index contributed by atoms with van der Waals surface area (Å²) < 4.78 is 0. The van der Waals surface area contributed by atoms with E-state index < -0.39 is 0 Å². The van der Waals surface area contributed by atoms with E-state index in [-0.39, 0.29) is 18.3 Å². The summed E-state index contributed by atoms with van der Waals surface area (Å²) in [6.45, 7) is 3.50. The molecule has 0 bridgehead atoms. The first-order chi connectivity index (χ1) is 10.1. The maximum atomic E-state index is 12.0. The summed E-state index contributed by atoms with van der Waals surface area (Å²) in [5, 5.41) is 3.86. The third-order valence-electron chi connectivity index (χ3n) is 3.79. The first kappa shape index (κ1) is 19.5. The lowest BCUT2D eigenvalue weighted by Crippen LogP contribution is -2.39. The Morgan fingerprint density at radius 1 is 1.41 bits per heavy atom. The zero-order valence-corrected chi connectivity index (χ0v) is 14.7. The van der Waals surface area contributed by atoms with Crippen molar-refractivity contribution in [3.05, 3.63) is 28.2 Å². The highest BCUT2D eigenvalue weighted by Crippen LogP contribution is 2.25. The quantitative estimate of drug-likeness (QED) is 0.839. The van der Waals surface area contributed by atoms with E-state index in [1.54, 1.807) is 18.2 Å². The fraction of sp³-hybridized carbons (Fsp3) is 0.533. The molecule has 1 atom stereocenters. The summed E-state index contributed by atoms with van der Waals surface area (Å²) in [4.78, 5) is 14.3. The van der Waals surface area contributed by atoms with Gasteiger partial charge in [-0.2, -0.15) is 0 Å². The maximum absolute atomic E-state index is 12.0. The number of likely N-dealkylation sites (tertiary alicyclic amines) is 1. The van der Waals surface area contributed by atoms with E-state index in [9.17, 15) is 4.79 Å². The Balaban J connectivity index is 0.00000242. The van der Waals surface area contributed by atoms with Gasteiger partial charge >= 0.3 is 0 Å². The highest BCUT2D eigenvalue weighted by Gasteiger charge is 2.19. The molecule has 0 spiro atoms. The Morgan fingerprint density at radius 3 is 2.91 bits per heavy atom. The van der Waals surface area contributed by atoms with Gasteiger partial charge < -0.3 is 16.0 Å². The molecular weight excluding hydrogens is 345 g/mol. The molecule has 1 aliphatic rings. The molecule has 1 unspecified atom stereocenters. The normalized spacial score (nSPS) is 18.6. The van der Waals surface area contributed by atoms with E-state index in [0.717, 1.165) is 32.6 Å². The van der Waals surface area contributed by atoms with Crippen LogP contribution in [0.3, 0.4) is 0 Å². The van der Waals surface area contributed by atoms with Crippen molar-refractivity contribution in [2.75, 3.05) is 31.5 Å². The Hall–Kier alpha value is -0.520. The highest BCUT2D eigenvalue weighted by molar-refractivity contribution is 6.35. The van der Waals surface area contributed by atoms with Crippen molar-refractivity contribution in [1.29, 1.82) is 0 Å². The van der Waals surface area contributed by atoms with Crippen LogP contribution in [-0.4, -0.2) is 37.0 Å². The van der Waals surface area contributed by atoms with Crippen LogP contribution in [-0.2, 0) is 4.79 Å². The van der Waals surface area contributed by atoms with Gasteiger partial charge in [0.1, 0.15) is 0 Å². The standard InChI is InChI=1S/C15H21Cl2N3O.ClH/c16-12-3-4-13(17)14(8-12)19-15(21)5-7-20-6-1-2-11(9-18)10-20;/h3-4,8,11H,1-2,5-7,9-10,18H2,(H,19,21);1H. The van der Waals surface area contributed by atoms with Crippen LogP contribution in [0.4, 0.5) is 5.69 Å². The summed E-state index contributed by atoms with van der Waals surface area (Å²) >= 11 is 11.9. The van der Waals surface area contributed by atoms with Crippen LogP contribution in [0.1, 0.15) is 19.3 Å². The number of nitrogens with one attached hydrogen (secondary N) is 1. The summed E-state index contributed by atoms with van der Waals surface area (Å²) in [7, 11) is 0. The van der Waals surface area contributed by atoms with E-state index in [1.807, 2.05) is 0 Å². The molecule has 22 heavy (non-hydrogen) atoms. The molecule has 3 N–H and O–H groups in total. The van der Waals surface area contributed by atoms with Crippen LogP contribution in [0.5, 0.6) is 0 Å². The van der Waals surface area contributed by atoms with Crippen molar-refractivity contribution in [2.24, 2.45) is 11.7 Å². The number of hydrogen-bond acceptors (Lipinski definition) is 3. The predicted octanol–water partition coefficient (Wildman–Crippen LogP) is 3.41. The third kappa shape index (κ3) is 5.94. The van der Waals surface area contributed by atoms with Gasteiger partial charge in [0.25, 0.3) is 0 Å². The molecular formula is C15H22Cl3N3O. The van der Waals surface area contributed by atoms with Gasteiger partial charge in [-0.3, -0.25) is 4.79 Å². The van der Waals surface area contributed by atoms with Crippen molar-refractivity contribution in [1.82, 2.24) is 4.90 Å². The Morgan fingerprint density at radius 2 is 2.18 bits per heavy atom. The van der Waals surface area contributed by atoms with Gasteiger partial charge in [0.15, 0.2) is 0 Å². The lowest BCUT2D eigenvalue weighted by atomic mass is 9.98. The van der Waals surface area contributed by atoms with E-state index in [0.29, 0.717) is 28.1 Å². The minimum absolute atomic E-state index is 0. The van der Waals surface area contributed by atoms with Gasteiger partial charge in [-0.25, -0.2) is 0 Å². The minimum Gasteiger partial charge on any atom is -0.330 e. The van der Waals surface area contributed by atoms with Crippen LogP contribution >= 0.6 is 35.6 Å². The monoisotopic (exact) mass is 365 g/mol. The number of nitrogens with two attached hydrogens (primary N) is 1. The van der Waals surface area contributed by atoms with Crippen LogP contribution in [0.2, 0.25) is 10.0 Å². The molecule has 0 aliphatic carbocycles. The molecule has 0 radical (unpaired) electrons. The number of anilines is 1. The molecule has 1 aromatic carbocycles. The third-order valence-corrected chi connectivity index (χ3v) is 4.36. The molecule has 4 nitrogen and oxygen atoms in total. The van der Waals surface area contributed by atoms with Gasteiger partial charge in [-0.1, -0.05) is 23.2 Å². The number of carbonyl (C=O) groups excluding carboxylic acids is 1. The Labute approximate surface area is 147 Å². The minimum atomic E-state index is -0.0472. The average Bonchev–Trinajstić information content (AvgIpc) is 2.49. The molecule has 1 saturated heterocycles. The molecule has 2 rings (SSSR count). The molecule has 0 aromatic heterocycles. The average molecular weight is 367 g/mol. The second-order valence-electron chi connectivity index (χ2n) is 5.47. The maximum Gasteiger partial charge on any atom is 0.225 e. The van der Waals surface area contributed by atoms with E-state index in [1.165, 1.54) is 6.42 Å². The fourth-order valence-corrected chi connectivity index (χ4v) is 2.95. The molecule has 1 amide bonds. The number of benzene rings is 1. The first-order valence-corrected chi connectivity index (χ1v) is 8.01. The van der Waals surface area contributed by atoms with Gasteiger partial charge in [0, 0.05) is 24.5 Å². The topological polar surface area (TPSA) is 58.4 Å². The van der Waals surface area contributed by atoms with Gasteiger partial charge in [-0.15, -0.1) is 12.4 Å². The summed E-state index contributed by atoms with van der Waals surface area (Å²) in [6, 6.07) is 5.03. The summed E-state index contributed by atoms with van der Waals surface area (Å²) in [5.41, 5.74) is 6.28. The molecule has 1 aromatic rings. The lowest BCUT2D eigenvalue weighted by Gasteiger charge is -2.31. The number of halogens is 3. The number of piperidine rings is 1. The van der Waals surface area contributed by atoms with Crippen molar-refractivity contribution >= 4 is 47.2 Å². The predicted molar refractivity (Wildman–Crippen MR) is 95.2 cm³/mol. The summed E-state index contributed by atoms with van der Waals surface area (Å²) in [6.07, 6.45) is 2.79. The lowest BCUT2D eigenvalue weighted by molar-refractivity contribution is -0.116. The van der Waals surface area contributed by atoms with Crippen LogP contribution in [0, 0.1) is 5.92 Å². The van der Waals surface area contributed by atoms with E-state index >= 15 is 0 Å². The van der Waals surface area contributed by atoms with Crippen LogP contribution in [0.25, 0.3) is 0 Å². The SMILES string of the molecule is Cl.NCC1CCCN(CCC(=O)Nc2cc(Cl)ccc2Cl)C1. The number of hydrogen-bond donors (Lipinski definition) is 2. The second-order valence-corrected chi connectivity index (χ2v) is 6.31. The van der Waals surface area contributed by atoms with E-state index in [4.69, 9.17) is 28.9 Å². The smallest absolute Gasteiger partial charge is 0.225 e. The molecule has 0 saturated carbocycles. The number of nitrogens with zero attached hydrogens (tertiary/aromatic N) is 1. The van der Waals surface area contributed by atoms with Crippen molar-refractivity contribution in [2.45, 2.75) is 19.3 Å². The first-order valence-electron chi connectivity index (χ1n) is 7.26. The Kier molecular flexibility index (Phi) is 8.50. The van der Waals surface area contributed by atoms with Gasteiger partial charge in [-0.05, 0) is 50.0 Å². The fourth-order valence-electron chi connectivity index (χ4n) is 2.61.